The Kier molecular flexibility index (Phi) is 3.32. The van der Waals surface area contributed by atoms with Crippen molar-refractivity contribution in [1.82, 2.24) is 30.3 Å². The van der Waals surface area contributed by atoms with E-state index in [1.807, 2.05) is 18.7 Å². The highest BCUT2D eigenvalue weighted by molar-refractivity contribution is 5.77. The fourth-order valence-electron chi connectivity index (χ4n) is 2.87. The summed E-state index contributed by atoms with van der Waals surface area (Å²) in [6.07, 6.45) is 1.85. The summed E-state index contributed by atoms with van der Waals surface area (Å²) < 4.78 is 6.51. The first-order chi connectivity index (χ1) is 10.1. The fraction of sp³-hybridized carbons (Fsp3) is 0.583. The molecule has 1 amide bonds. The van der Waals surface area contributed by atoms with Gasteiger partial charge < -0.3 is 15.2 Å². The maximum Gasteiger partial charge on any atom is 0.245 e. The molecule has 0 saturated carbocycles. The molecule has 9 heteroatoms. The number of nitrogens with two attached hydrogens (primary N) is 1. The quantitative estimate of drug-likeness (QED) is 0.860. The highest BCUT2D eigenvalue weighted by Crippen LogP contribution is 2.35. The average Bonchev–Trinajstić information content (AvgIpc) is 3.13. The minimum Gasteiger partial charge on any atom is -0.367 e. The molecule has 3 rings (SSSR count). The molecule has 0 spiro atoms. The molecule has 1 atom stereocenters. The third-order valence-corrected chi connectivity index (χ3v) is 3.84. The molecule has 1 aliphatic rings. The van der Waals surface area contributed by atoms with E-state index in [2.05, 4.69) is 20.7 Å². The fourth-order valence-corrected chi connectivity index (χ4v) is 2.87. The summed E-state index contributed by atoms with van der Waals surface area (Å²) in [6.45, 7) is 4.51. The molecule has 112 valence electrons. The van der Waals surface area contributed by atoms with Crippen LogP contribution >= 0.6 is 0 Å². The van der Waals surface area contributed by atoms with Gasteiger partial charge in [-0.25, -0.2) is 4.68 Å². The van der Waals surface area contributed by atoms with E-state index in [1.54, 1.807) is 0 Å². The number of rotatable bonds is 3. The Balaban J connectivity index is 1.81. The smallest absolute Gasteiger partial charge is 0.245 e. The van der Waals surface area contributed by atoms with Crippen LogP contribution in [0.5, 0.6) is 0 Å². The van der Waals surface area contributed by atoms with Crippen LogP contribution in [-0.2, 0) is 11.3 Å². The van der Waals surface area contributed by atoms with E-state index >= 15 is 0 Å². The Morgan fingerprint density at radius 2 is 2.29 bits per heavy atom. The lowest BCUT2D eigenvalue weighted by Crippen LogP contribution is -2.34. The average molecular weight is 291 g/mol. The van der Waals surface area contributed by atoms with E-state index in [4.69, 9.17) is 10.3 Å². The van der Waals surface area contributed by atoms with E-state index in [1.165, 1.54) is 4.68 Å². The van der Waals surface area contributed by atoms with E-state index < -0.39 is 0 Å². The van der Waals surface area contributed by atoms with Gasteiger partial charge >= 0.3 is 0 Å². The predicted octanol–water partition coefficient (Wildman–Crippen LogP) is 0.224. The number of nitrogens with zero attached hydrogens (tertiary/aromatic N) is 6. The van der Waals surface area contributed by atoms with E-state index in [0.29, 0.717) is 6.54 Å². The Bertz CT molecular complexity index is 643. The molecular weight excluding hydrogens is 274 g/mol. The minimum atomic E-state index is -0.0588. The zero-order valence-electron chi connectivity index (χ0n) is 12.0. The number of anilines is 1. The normalized spacial score (nSPS) is 18.4. The number of likely N-dealkylation sites (tertiary alicyclic amines) is 1. The Morgan fingerprint density at radius 3 is 2.90 bits per heavy atom. The van der Waals surface area contributed by atoms with Gasteiger partial charge in [-0.2, -0.15) is 0 Å². The second-order valence-corrected chi connectivity index (χ2v) is 5.18. The standard InChI is InChI=1S/C12H17N7O2/c1-7-11(8(2)21-15-7)9-4-3-5-18(9)10(20)6-19-12(13)14-16-17-19/h9H,3-6H2,1-2H3,(H2,13,14,17). The Hall–Kier alpha value is -2.45. The lowest BCUT2D eigenvalue weighted by Gasteiger charge is -2.24. The first kappa shape index (κ1) is 13.5. The van der Waals surface area contributed by atoms with Crippen molar-refractivity contribution in [3.63, 3.8) is 0 Å². The first-order valence-electron chi connectivity index (χ1n) is 6.82. The molecule has 2 N–H and O–H groups in total. The van der Waals surface area contributed by atoms with E-state index in [0.717, 1.165) is 29.9 Å². The molecule has 0 bridgehead atoms. The summed E-state index contributed by atoms with van der Waals surface area (Å²) in [6, 6.07) is 0.00135. The van der Waals surface area contributed by atoms with Crippen molar-refractivity contribution in [3.05, 3.63) is 17.0 Å². The molecule has 9 nitrogen and oxygen atoms in total. The predicted molar refractivity (Wildman–Crippen MR) is 71.9 cm³/mol. The third kappa shape index (κ3) is 2.34. The number of carbonyl (C=O) groups is 1. The van der Waals surface area contributed by atoms with Gasteiger partial charge in [0.15, 0.2) is 0 Å². The third-order valence-electron chi connectivity index (χ3n) is 3.84. The van der Waals surface area contributed by atoms with Crippen molar-refractivity contribution in [1.29, 1.82) is 0 Å². The van der Waals surface area contributed by atoms with Crippen molar-refractivity contribution < 1.29 is 9.32 Å². The molecule has 2 aromatic rings. The number of hydrogen-bond donors (Lipinski definition) is 1. The van der Waals surface area contributed by atoms with Crippen LogP contribution in [0.25, 0.3) is 0 Å². The van der Waals surface area contributed by atoms with Gasteiger partial charge in [-0.15, -0.1) is 0 Å². The van der Waals surface area contributed by atoms with Crippen LogP contribution in [0.2, 0.25) is 0 Å². The van der Waals surface area contributed by atoms with Gasteiger partial charge in [0, 0.05) is 12.1 Å². The van der Waals surface area contributed by atoms with Crippen LogP contribution in [0.1, 0.15) is 35.9 Å². The molecule has 0 aromatic carbocycles. The van der Waals surface area contributed by atoms with Crippen LogP contribution in [0.3, 0.4) is 0 Å². The zero-order valence-corrected chi connectivity index (χ0v) is 12.0. The number of aryl methyl sites for hydroxylation is 2. The molecule has 1 saturated heterocycles. The summed E-state index contributed by atoms with van der Waals surface area (Å²) >= 11 is 0. The summed E-state index contributed by atoms with van der Waals surface area (Å²) in [5.41, 5.74) is 7.43. The van der Waals surface area contributed by atoms with Crippen molar-refractivity contribution in [2.24, 2.45) is 0 Å². The largest absolute Gasteiger partial charge is 0.367 e. The molecule has 21 heavy (non-hydrogen) atoms. The highest BCUT2D eigenvalue weighted by atomic mass is 16.5. The Labute approximate surface area is 121 Å². The van der Waals surface area contributed by atoms with Crippen molar-refractivity contribution in [3.8, 4) is 0 Å². The molecule has 3 heterocycles. The van der Waals surface area contributed by atoms with Crippen LogP contribution in [-0.4, -0.2) is 42.7 Å². The van der Waals surface area contributed by atoms with Crippen molar-refractivity contribution in [2.45, 2.75) is 39.3 Å². The molecular formula is C12H17N7O2. The molecule has 0 radical (unpaired) electrons. The second-order valence-electron chi connectivity index (χ2n) is 5.18. The first-order valence-corrected chi connectivity index (χ1v) is 6.82. The lowest BCUT2D eigenvalue weighted by molar-refractivity contribution is -0.133. The summed E-state index contributed by atoms with van der Waals surface area (Å²) in [5.74, 6) is 0.840. The second kappa shape index (κ2) is 5.15. The summed E-state index contributed by atoms with van der Waals surface area (Å²) in [4.78, 5) is 14.3. The number of tetrazole rings is 1. The maximum absolute atomic E-state index is 12.5. The number of amides is 1. The molecule has 1 unspecified atom stereocenters. The van der Waals surface area contributed by atoms with Crippen LogP contribution in [0.15, 0.2) is 4.52 Å². The van der Waals surface area contributed by atoms with Crippen LogP contribution in [0, 0.1) is 13.8 Å². The SMILES string of the molecule is Cc1noc(C)c1C1CCCN1C(=O)Cn1nnnc1N. The van der Waals surface area contributed by atoms with Crippen molar-refractivity contribution in [2.75, 3.05) is 12.3 Å². The lowest BCUT2D eigenvalue weighted by atomic mass is 10.0. The number of carbonyl (C=O) groups excluding carboxylic acids is 1. The van der Waals surface area contributed by atoms with Crippen LogP contribution < -0.4 is 5.73 Å². The topological polar surface area (TPSA) is 116 Å². The summed E-state index contributed by atoms with van der Waals surface area (Å²) in [5, 5.41) is 14.7. The van der Waals surface area contributed by atoms with Gasteiger partial charge in [-0.05, 0) is 37.1 Å². The van der Waals surface area contributed by atoms with Gasteiger partial charge in [0.1, 0.15) is 12.3 Å². The maximum atomic E-state index is 12.5. The van der Waals surface area contributed by atoms with E-state index in [-0.39, 0.29) is 24.4 Å². The van der Waals surface area contributed by atoms with E-state index in [9.17, 15) is 4.79 Å². The minimum absolute atomic E-state index is 0.00135. The highest BCUT2D eigenvalue weighted by Gasteiger charge is 2.34. The number of nitrogen functional groups attached to an aromatic ring is 1. The van der Waals surface area contributed by atoms with Gasteiger partial charge in [-0.1, -0.05) is 10.3 Å². The summed E-state index contributed by atoms with van der Waals surface area (Å²) in [7, 11) is 0. The molecule has 0 aliphatic carbocycles. The zero-order chi connectivity index (χ0) is 15.0. The van der Waals surface area contributed by atoms with Gasteiger partial charge in [-0.3, -0.25) is 4.79 Å². The van der Waals surface area contributed by atoms with Gasteiger partial charge in [0.05, 0.1) is 11.7 Å². The van der Waals surface area contributed by atoms with Gasteiger partial charge in [0.25, 0.3) is 0 Å². The molecule has 1 fully saturated rings. The van der Waals surface area contributed by atoms with Crippen LogP contribution in [0.4, 0.5) is 5.95 Å². The number of aromatic nitrogens is 5. The molecule has 2 aromatic heterocycles. The van der Waals surface area contributed by atoms with Crippen molar-refractivity contribution >= 4 is 11.9 Å². The molecule has 1 aliphatic heterocycles. The van der Waals surface area contributed by atoms with Gasteiger partial charge in [0.2, 0.25) is 11.9 Å². The number of hydrogen-bond acceptors (Lipinski definition) is 7. The Morgan fingerprint density at radius 1 is 1.48 bits per heavy atom. The monoisotopic (exact) mass is 291 g/mol.